The summed E-state index contributed by atoms with van der Waals surface area (Å²) in [4.78, 5) is 11.3. The van der Waals surface area contributed by atoms with Crippen molar-refractivity contribution >= 4 is 31.9 Å². The average molecular weight is 350 g/mol. The van der Waals surface area contributed by atoms with Crippen molar-refractivity contribution in [3.63, 3.8) is 0 Å². The molecule has 0 bridgehead atoms. The van der Waals surface area contributed by atoms with Crippen LogP contribution < -0.4 is 0 Å². The first-order chi connectivity index (χ1) is 8.85. The number of carbonyl (C=O) groups excluding carboxylic acids is 1. The summed E-state index contributed by atoms with van der Waals surface area (Å²) in [7, 11) is -2.17. The van der Waals surface area contributed by atoms with Crippen molar-refractivity contribution < 1.29 is 17.9 Å². The zero-order chi connectivity index (χ0) is 14.5. The molecule has 1 aromatic rings. The van der Waals surface area contributed by atoms with Gasteiger partial charge < -0.3 is 4.74 Å². The normalized spacial score (nSPS) is 11.6. The van der Waals surface area contributed by atoms with E-state index >= 15 is 0 Å². The summed E-state index contributed by atoms with van der Waals surface area (Å²) in [5, 5.41) is 0. The molecule has 0 saturated carbocycles. The highest BCUT2D eigenvalue weighted by Gasteiger charge is 2.21. The van der Waals surface area contributed by atoms with E-state index in [9.17, 15) is 13.2 Å². The molecular weight excluding hydrogens is 334 g/mol. The zero-order valence-electron chi connectivity index (χ0n) is 10.8. The number of ether oxygens (including phenoxy) is 1. The smallest absolute Gasteiger partial charge is 0.321 e. The molecule has 0 N–H and O–H groups in total. The molecule has 1 rings (SSSR count). The van der Waals surface area contributed by atoms with Crippen molar-refractivity contribution in [2.45, 2.75) is 12.7 Å². The summed E-state index contributed by atoms with van der Waals surface area (Å²) in [5.74, 6) is -0.703. The van der Waals surface area contributed by atoms with Crippen LogP contribution in [0.15, 0.2) is 28.7 Å². The zero-order valence-corrected chi connectivity index (χ0v) is 13.2. The Morgan fingerprint density at radius 3 is 2.68 bits per heavy atom. The molecule has 106 valence electrons. The summed E-state index contributed by atoms with van der Waals surface area (Å²) in [6.07, 6.45) is 0. The summed E-state index contributed by atoms with van der Waals surface area (Å²) >= 11 is 3.29. The van der Waals surface area contributed by atoms with E-state index in [4.69, 9.17) is 4.74 Å². The molecule has 0 radical (unpaired) electrons. The minimum atomic E-state index is -3.53. The predicted octanol–water partition coefficient (Wildman–Crippen LogP) is 1.77. The SMILES string of the molecule is CCOC(=O)CN(C)S(=O)(=O)Cc1cccc(Br)c1. The van der Waals surface area contributed by atoms with Crippen molar-refractivity contribution in [2.75, 3.05) is 20.2 Å². The highest BCUT2D eigenvalue weighted by Crippen LogP contribution is 2.15. The lowest BCUT2D eigenvalue weighted by molar-refractivity contribution is -0.143. The fraction of sp³-hybridized carbons (Fsp3) is 0.417. The van der Waals surface area contributed by atoms with E-state index in [-0.39, 0.29) is 18.9 Å². The second kappa shape index (κ2) is 7.02. The third-order valence-electron chi connectivity index (χ3n) is 2.37. The van der Waals surface area contributed by atoms with Gasteiger partial charge in [-0.1, -0.05) is 28.1 Å². The van der Waals surface area contributed by atoms with E-state index in [1.165, 1.54) is 7.05 Å². The first-order valence-electron chi connectivity index (χ1n) is 5.69. The Balaban J connectivity index is 2.72. The van der Waals surface area contributed by atoms with Crippen LogP contribution in [0.25, 0.3) is 0 Å². The van der Waals surface area contributed by atoms with E-state index in [1.54, 1.807) is 25.1 Å². The van der Waals surface area contributed by atoms with Gasteiger partial charge in [0.15, 0.2) is 0 Å². The molecule has 0 amide bonds. The van der Waals surface area contributed by atoms with Gasteiger partial charge in [-0.3, -0.25) is 4.79 Å². The van der Waals surface area contributed by atoms with Gasteiger partial charge in [0.1, 0.15) is 6.54 Å². The maximum atomic E-state index is 12.1. The number of nitrogens with zero attached hydrogens (tertiary/aromatic N) is 1. The van der Waals surface area contributed by atoms with Gasteiger partial charge in [0.05, 0.1) is 12.4 Å². The number of hydrogen-bond acceptors (Lipinski definition) is 4. The van der Waals surface area contributed by atoms with Crippen LogP contribution in [0.1, 0.15) is 12.5 Å². The molecule has 1 aromatic carbocycles. The van der Waals surface area contributed by atoms with Crippen molar-refractivity contribution in [1.29, 1.82) is 0 Å². The molecule has 0 spiro atoms. The Hall–Kier alpha value is -0.920. The topological polar surface area (TPSA) is 63.7 Å². The van der Waals surface area contributed by atoms with Crippen molar-refractivity contribution in [3.05, 3.63) is 34.3 Å². The minimum absolute atomic E-state index is 0.150. The van der Waals surface area contributed by atoms with E-state index in [0.717, 1.165) is 8.78 Å². The second-order valence-electron chi connectivity index (χ2n) is 3.95. The van der Waals surface area contributed by atoms with Gasteiger partial charge in [-0.15, -0.1) is 0 Å². The molecule has 0 heterocycles. The molecule has 0 aliphatic heterocycles. The molecule has 0 aliphatic rings. The Morgan fingerprint density at radius 1 is 1.42 bits per heavy atom. The lowest BCUT2D eigenvalue weighted by Crippen LogP contribution is -2.33. The highest BCUT2D eigenvalue weighted by atomic mass is 79.9. The quantitative estimate of drug-likeness (QED) is 0.734. The number of likely N-dealkylation sites (N-methyl/N-ethyl adjacent to an activating group) is 1. The van der Waals surface area contributed by atoms with Gasteiger partial charge in [0.2, 0.25) is 10.0 Å². The summed E-state index contributed by atoms with van der Waals surface area (Å²) in [6, 6.07) is 7.04. The maximum Gasteiger partial charge on any atom is 0.321 e. The maximum absolute atomic E-state index is 12.1. The first kappa shape index (κ1) is 16.1. The number of carbonyl (C=O) groups is 1. The fourth-order valence-electron chi connectivity index (χ4n) is 1.43. The fourth-order valence-corrected chi connectivity index (χ4v) is 3.00. The number of rotatable bonds is 6. The van der Waals surface area contributed by atoms with Crippen LogP contribution in [0, 0.1) is 0 Å². The second-order valence-corrected chi connectivity index (χ2v) is 6.94. The van der Waals surface area contributed by atoms with E-state index < -0.39 is 16.0 Å². The summed E-state index contributed by atoms with van der Waals surface area (Å²) in [5.41, 5.74) is 0.657. The Morgan fingerprint density at radius 2 is 2.11 bits per heavy atom. The molecule has 0 aromatic heterocycles. The molecule has 0 atom stereocenters. The molecule has 5 nitrogen and oxygen atoms in total. The van der Waals surface area contributed by atoms with Crippen LogP contribution in [0.2, 0.25) is 0 Å². The molecule has 0 fully saturated rings. The van der Waals surface area contributed by atoms with E-state index in [1.807, 2.05) is 6.07 Å². The summed E-state index contributed by atoms with van der Waals surface area (Å²) < 4.78 is 30.7. The molecule has 0 unspecified atom stereocenters. The average Bonchev–Trinajstić information content (AvgIpc) is 2.28. The molecular formula is C12H16BrNO4S. The van der Waals surface area contributed by atoms with E-state index in [2.05, 4.69) is 15.9 Å². The highest BCUT2D eigenvalue weighted by molar-refractivity contribution is 9.10. The predicted molar refractivity (Wildman–Crippen MR) is 76.0 cm³/mol. The number of benzene rings is 1. The lowest BCUT2D eigenvalue weighted by atomic mass is 10.2. The van der Waals surface area contributed by atoms with Gasteiger partial charge in [-0.05, 0) is 24.6 Å². The van der Waals surface area contributed by atoms with Crippen LogP contribution in [0.3, 0.4) is 0 Å². The van der Waals surface area contributed by atoms with Crippen molar-refractivity contribution in [2.24, 2.45) is 0 Å². The first-order valence-corrected chi connectivity index (χ1v) is 8.09. The van der Waals surface area contributed by atoms with Crippen LogP contribution in [0.5, 0.6) is 0 Å². The molecule has 0 saturated heterocycles. The molecule has 19 heavy (non-hydrogen) atoms. The number of hydrogen-bond donors (Lipinski definition) is 0. The van der Waals surface area contributed by atoms with E-state index in [0.29, 0.717) is 5.56 Å². The third kappa shape index (κ3) is 5.30. The van der Waals surface area contributed by atoms with Crippen LogP contribution in [-0.2, 0) is 25.3 Å². The van der Waals surface area contributed by atoms with Gasteiger partial charge in [0, 0.05) is 11.5 Å². The lowest BCUT2D eigenvalue weighted by Gasteiger charge is -2.16. The van der Waals surface area contributed by atoms with Gasteiger partial charge >= 0.3 is 5.97 Å². The minimum Gasteiger partial charge on any atom is -0.465 e. The monoisotopic (exact) mass is 349 g/mol. The largest absolute Gasteiger partial charge is 0.465 e. The van der Waals surface area contributed by atoms with Crippen LogP contribution in [-0.4, -0.2) is 38.9 Å². The van der Waals surface area contributed by atoms with Gasteiger partial charge in [-0.2, -0.15) is 4.31 Å². The number of halogens is 1. The van der Waals surface area contributed by atoms with Crippen LogP contribution >= 0.6 is 15.9 Å². The van der Waals surface area contributed by atoms with Gasteiger partial charge in [0.25, 0.3) is 0 Å². The third-order valence-corrected chi connectivity index (χ3v) is 4.64. The Bertz CT molecular complexity index is 544. The van der Waals surface area contributed by atoms with Crippen molar-refractivity contribution in [1.82, 2.24) is 4.31 Å². The molecule has 7 heteroatoms. The standard InChI is InChI=1S/C12H16BrNO4S/c1-3-18-12(15)8-14(2)19(16,17)9-10-5-4-6-11(13)7-10/h4-7H,3,8-9H2,1-2H3. The summed E-state index contributed by atoms with van der Waals surface area (Å²) in [6.45, 7) is 1.64. The van der Waals surface area contributed by atoms with Crippen molar-refractivity contribution in [3.8, 4) is 0 Å². The number of sulfonamides is 1. The Kier molecular flexibility index (Phi) is 5.96. The number of esters is 1. The Labute approximate surface area is 121 Å². The van der Waals surface area contributed by atoms with Crippen LogP contribution in [0.4, 0.5) is 0 Å². The molecule has 0 aliphatic carbocycles. The van der Waals surface area contributed by atoms with Gasteiger partial charge in [-0.25, -0.2) is 8.42 Å².